The summed E-state index contributed by atoms with van der Waals surface area (Å²) in [6.45, 7) is 4.62. The average molecular weight is 305 g/mol. The number of nitrogens with one attached hydrogen (secondary N) is 2. The Morgan fingerprint density at radius 2 is 1.86 bits per heavy atom. The number of aliphatic carboxylic acids is 1. The summed E-state index contributed by atoms with van der Waals surface area (Å²) in [5.41, 5.74) is 1.90. The molecular weight excluding hydrogens is 282 g/mol. The topological polar surface area (TPSA) is 117 Å². The van der Waals surface area contributed by atoms with Crippen LogP contribution in [-0.4, -0.2) is 67.0 Å². The molecule has 1 amide bonds. The summed E-state index contributed by atoms with van der Waals surface area (Å²) < 4.78 is 9.63. The van der Waals surface area contributed by atoms with E-state index in [0.717, 1.165) is 0 Å². The third kappa shape index (κ3) is 8.82. The Hall–Kier alpha value is -1.87. The zero-order chi connectivity index (χ0) is 16.6. The lowest BCUT2D eigenvalue weighted by Crippen LogP contribution is -2.53. The molecule has 9 nitrogen and oxygen atoms in total. The molecule has 0 aromatic heterocycles. The van der Waals surface area contributed by atoms with Gasteiger partial charge >= 0.3 is 18.0 Å². The van der Waals surface area contributed by atoms with E-state index in [4.69, 9.17) is 9.84 Å². The molecule has 0 rings (SSSR count). The fraction of sp³-hybridized carbons (Fsp3) is 0.750. The summed E-state index contributed by atoms with van der Waals surface area (Å²) in [4.78, 5) is 34.0. The summed E-state index contributed by atoms with van der Waals surface area (Å²) in [7, 11) is 2.68. The van der Waals surface area contributed by atoms with Gasteiger partial charge < -0.3 is 19.9 Å². The first kappa shape index (κ1) is 19.1. The third-order valence-electron chi connectivity index (χ3n) is 2.22. The van der Waals surface area contributed by atoms with Gasteiger partial charge in [-0.25, -0.2) is 14.6 Å². The summed E-state index contributed by atoms with van der Waals surface area (Å²) in [6, 6.07) is -1.06. The van der Waals surface area contributed by atoms with Crippen molar-refractivity contribution in [2.75, 3.05) is 27.2 Å². The van der Waals surface area contributed by atoms with E-state index in [-0.39, 0.29) is 13.1 Å². The van der Waals surface area contributed by atoms with Crippen LogP contribution in [0.3, 0.4) is 0 Å². The molecule has 0 aromatic rings. The predicted octanol–water partition coefficient (Wildman–Crippen LogP) is -0.426. The maximum absolute atomic E-state index is 11.7. The highest BCUT2D eigenvalue weighted by atomic mass is 16.6. The Balaban J connectivity index is 4.76. The number of carbonyl (C=O) groups is 3. The lowest BCUT2D eigenvalue weighted by Gasteiger charge is -2.26. The Labute approximate surface area is 123 Å². The van der Waals surface area contributed by atoms with Gasteiger partial charge in [-0.1, -0.05) is 0 Å². The molecule has 0 aromatic carbocycles. The number of nitrogens with zero attached hydrogens (tertiary/aromatic N) is 1. The molecule has 0 aliphatic rings. The molecule has 0 fully saturated rings. The molecule has 0 spiro atoms. The second-order valence-corrected chi connectivity index (χ2v) is 5.22. The van der Waals surface area contributed by atoms with Crippen molar-refractivity contribution in [2.45, 2.75) is 32.4 Å². The molecule has 0 saturated carbocycles. The lowest BCUT2D eigenvalue weighted by molar-refractivity contribution is -0.145. The first-order chi connectivity index (χ1) is 9.58. The summed E-state index contributed by atoms with van der Waals surface area (Å²) in [6.07, 6.45) is -0.788. The molecule has 21 heavy (non-hydrogen) atoms. The molecular formula is C12H23N3O6. The number of methoxy groups -OCH3 is 1. The Kier molecular flexibility index (Phi) is 7.67. The fourth-order valence-corrected chi connectivity index (χ4v) is 1.39. The van der Waals surface area contributed by atoms with Crippen LogP contribution in [0.1, 0.15) is 20.8 Å². The minimum Gasteiger partial charge on any atom is -0.480 e. The van der Waals surface area contributed by atoms with Gasteiger partial charge in [0, 0.05) is 6.54 Å². The molecule has 0 aliphatic heterocycles. The van der Waals surface area contributed by atoms with Crippen molar-refractivity contribution in [1.82, 2.24) is 15.8 Å². The van der Waals surface area contributed by atoms with E-state index in [1.54, 1.807) is 20.8 Å². The fourth-order valence-electron chi connectivity index (χ4n) is 1.39. The number of ether oxygens (including phenoxy) is 2. The zero-order valence-corrected chi connectivity index (χ0v) is 12.9. The van der Waals surface area contributed by atoms with Gasteiger partial charge in [-0.15, -0.1) is 0 Å². The maximum Gasteiger partial charge on any atom is 0.408 e. The number of hydrogen-bond donors (Lipinski definition) is 3. The van der Waals surface area contributed by atoms with Gasteiger partial charge in [-0.2, -0.15) is 0 Å². The van der Waals surface area contributed by atoms with Crippen molar-refractivity contribution >= 4 is 18.0 Å². The predicted molar refractivity (Wildman–Crippen MR) is 73.4 cm³/mol. The van der Waals surface area contributed by atoms with Crippen molar-refractivity contribution in [3.8, 4) is 0 Å². The van der Waals surface area contributed by atoms with Gasteiger partial charge in [0.15, 0.2) is 0 Å². The quantitative estimate of drug-likeness (QED) is 0.428. The Morgan fingerprint density at radius 1 is 1.29 bits per heavy atom. The van der Waals surface area contributed by atoms with Crippen molar-refractivity contribution < 1.29 is 29.0 Å². The second kappa shape index (κ2) is 8.42. The number of carbonyl (C=O) groups excluding carboxylic acids is 2. The Morgan fingerprint density at radius 3 is 2.24 bits per heavy atom. The van der Waals surface area contributed by atoms with E-state index in [1.165, 1.54) is 19.2 Å². The highest BCUT2D eigenvalue weighted by Crippen LogP contribution is 2.07. The number of amides is 1. The molecule has 0 heterocycles. The van der Waals surface area contributed by atoms with Crippen molar-refractivity contribution in [1.29, 1.82) is 0 Å². The molecule has 1 atom stereocenters. The highest BCUT2D eigenvalue weighted by molar-refractivity contribution is 5.81. The zero-order valence-electron chi connectivity index (χ0n) is 12.9. The van der Waals surface area contributed by atoms with Gasteiger partial charge in [-0.3, -0.25) is 10.2 Å². The minimum absolute atomic E-state index is 0.0886. The van der Waals surface area contributed by atoms with Crippen molar-refractivity contribution in [2.24, 2.45) is 0 Å². The number of carboxylic acid groups (broad SMARTS) is 1. The number of esters is 1. The van der Waals surface area contributed by atoms with E-state index in [9.17, 15) is 14.4 Å². The van der Waals surface area contributed by atoms with Gasteiger partial charge in [-0.05, 0) is 27.8 Å². The molecule has 9 heteroatoms. The summed E-state index contributed by atoms with van der Waals surface area (Å²) in [5.74, 6) is -1.78. The number of alkyl carbamates (subject to hydrolysis) is 1. The van der Waals surface area contributed by atoms with E-state index < -0.39 is 29.7 Å². The highest BCUT2D eigenvalue weighted by Gasteiger charge is 2.27. The number of hydrogen-bond acceptors (Lipinski definition) is 7. The van der Waals surface area contributed by atoms with Gasteiger partial charge in [0.2, 0.25) is 0 Å². The van der Waals surface area contributed by atoms with E-state index in [2.05, 4.69) is 15.5 Å². The smallest absolute Gasteiger partial charge is 0.408 e. The van der Waals surface area contributed by atoms with Crippen LogP contribution in [0.4, 0.5) is 4.79 Å². The largest absolute Gasteiger partial charge is 0.480 e. The SMILES string of the molecule is CNN(CC(=O)O)CC(NC(=O)OC(C)(C)C)C(=O)OC. The normalized spacial score (nSPS) is 12.7. The van der Waals surface area contributed by atoms with Crippen LogP contribution in [0.25, 0.3) is 0 Å². The van der Waals surface area contributed by atoms with Crippen LogP contribution in [0.5, 0.6) is 0 Å². The first-order valence-electron chi connectivity index (χ1n) is 6.30. The molecule has 1 unspecified atom stereocenters. The Bertz CT molecular complexity index is 380. The minimum atomic E-state index is -1.08. The van der Waals surface area contributed by atoms with E-state index in [0.29, 0.717) is 0 Å². The molecule has 0 bridgehead atoms. The van der Waals surface area contributed by atoms with E-state index in [1.807, 2.05) is 0 Å². The lowest BCUT2D eigenvalue weighted by atomic mass is 10.2. The molecule has 3 N–H and O–H groups in total. The monoisotopic (exact) mass is 305 g/mol. The standard InChI is InChI=1S/C12H23N3O6/c1-12(2,3)21-11(19)14-8(10(18)20-5)6-15(13-4)7-9(16)17/h8,13H,6-7H2,1-5H3,(H,14,19)(H,16,17). The number of rotatable bonds is 7. The second-order valence-electron chi connectivity index (χ2n) is 5.22. The number of hydrazine groups is 1. The first-order valence-corrected chi connectivity index (χ1v) is 6.30. The van der Waals surface area contributed by atoms with Crippen LogP contribution >= 0.6 is 0 Å². The average Bonchev–Trinajstić information content (AvgIpc) is 2.33. The van der Waals surface area contributed by atoms with Crippen LogP contribution in [0, 0.1) is 0 Å². The van der Waals surface area contributed by atoms with Crippen LogP contribution in [0.15, 0.2) is 0 Å². The molecule has 0 aliphatic carbocycles. The number of carboxylic acids is 1. The van der Waals surface area contributed by atoms with Crippen molar-refractivity contribution in [3.05, 3.63) is 0 Å². The summed E-state index contributed by atoms with van der Waals surface area (Å²) >= 11 is 0. The van der Waals surface area contributed by atoms with Crippen LogP contribution in [0.2, 0.25) is 0 Å². The molecule has 0 radical (unpaired) electrons. The van der Waals surface area contributed by atoms with Gasteiger partial charge in [0.1, 0.15) is 18.2 Å². The molecule has 122 valence electrons. The third-order valence-corrected chi connectivity index (χ3v) is 2.22. The summed E-state index contributed by atoms with van der Waals surface area (Å²) in [5, 5.41) is 12.4. The molecule has 0 saturated heterocycles. The van der Waals surface area contributed by atoms with Gasteiger partial charge in [0.25, 0.3) is 0 Å². The van der Waals surface area contributed by atoms with Gasteiger partial charge in [0.05, 0.1) is 7.11 Å². The van der Waals surface area contributed by atoms with Crippen LogP contribution < -0.4 is 10.7 Å². The van der Waals surface area contributed by atoms with Crippen LogP contribution in [-0.2, 0) is 19.1 Å². The maximum atomic E-state index is 11.7. The van der Waals surface area contributed by atoms with Crippen molar-refractivity contribution in [3.63, 3.8) is 0 Å². The van der Waals surface area contributed by atoms with E-state index >= 15 is 0 Å².